The number of benzene rings is 2. The molecular weight excluding hydrogens is 282 g/mol. The van der Waals surface area contributed by atoms with Crippen molar-refractivity contribution in [1.82, 2.24) is 4.57 Å². The smallest absolute Gasteiger partial charge is 0.114 e. The quantitative estimate of drug-likeness (QED) is 0.649. The van der Waals surface area contributed by atoms with E-state index in [9.17, 15) is 0 Å². The van der Waals surface area contributed by atoms with E-state index in [1.54, 1.807) is 0 Å². The normalized spacial score (nSPS) is 16.7. The first-order valence-electron chi connectivity index (χ1n) is 8.00. The fourth-order valence-electron chi connectivity index (χ4n) is 3.51. The lowest BCUT2D eigenvalue weighted by molar-refractivity contribution is 0.680. The fraction of sp³-hybridized carbons (Fsp3) is 0.200. The molecule has 4 rings (SSSR count). The van der Waals surface area contributed by atoms with Crippen LogP contribution in [0.2, 0.25) is 0 Å². The van der Waals surface area contributed by atoms with Gasteiger partial charge in [0.2, 0.25) is 0 Å². The molecule has 0 saturated heterocycles. The lowest BCUT2D eigenvalue weighted by atomic mass is 10.0. The zero-order valence-electron chi connectivity index (χ0n) is 13.8. The summed E-state index contributed by atoms with van der Waals surface area (Å²) in [5, 5.41) is 0. The molecule has 0 aliphatic carbocycles. The van der Waals surface area contributed by atoms with Gasteiger partial charge in [0.1, 0.15) is 12.0 Å². The maximum atomic E-state index is 2.41. The molecule has 0 bridgehead atoms. The van der Waals surface area contributed by atoms with Gasteiger partial charge in [-0.1, -0.05) is 36.4 Å². The summed E-state index contributed by atoms with van der Waals surface area (Å²) in [5.41, 5.74) is 5.08. The number of aromatic nitrogens is 1. The summed E-state index contributed by atoms with van der Waals surface area (Å²) in [6.07, 6.45) is 2.32. The van der Waals surface area contributed by atoms with Crippen LogP contribution >= 0.6 is 0 Å². The van der Waals surface area contributed by atoms with Crippen molar-refractivity contribution >= 4 is 17.2 Å². The average molecular weight is 303 g/mol. The Morgan fingerprint density at radius 2 is 1.35 bits per heavy atom. The average Bonchev–Trinajstić information content (AvgIpc) is 2.97. The second kappa shape index (κ2) is 5.20. The molecule has 0 amide bonds. The number of aryl methyl sites for hydroxylation is 1. The highest BCUT2D eigenvalue weighted by atomic mass is 15.4. The third-order valence-electron chi connectivity index (χ3n) is 4.84. The maximum Gasteiger partial charge on any atom is 0.114 e. The van der Waals surface area contributed by atoms with Crippen LogP contribution in [0.4, 0.5) is 17.2 Å². The molecule has 3 nitrogen and oxygen atoms in total. The van der Waals surface area contributed by atoms with Crippen molar-refractivity contribution < 1.29 is 0 Å². The molecular formula is C20H21N3. The molecule has 0 spiro atoms. The molecule has 2 aromatic carbocycles. The molecule has 0 radical (unpaired) electrons. The van der Waals surface area contributed by atoms with E-state index in [1.165, 1.54) is 28.3 Å². The van der Waals surface area contributed by atoms with Gasteiger partial charge in [0, 0.05) is 37.1 Å². The molecule has 1 aliphatic heterocycles. The Kier molecular flexibility index (Phi) is 3.15. The van der Waals surface area contributed by atoms with Crippen LogP contribution in [0.25, 0.3) is 11.1 Å². The minimum Gasteiger partial charge on any atom is -0.354 e. The van der Waals surface area contributed by atoms with Crippen LogP contribution in [0.15, 0.2) is 66.9 Å². The lowest BCUT2D eigenvalue weighted by Gasteiger charge is -2.36. The molecule has 0 fully saturated rings. The van der Waals surface area contributed by atoms with Gasteiger partial charge < -0.3 is 14.4 Å². The number of para-hydroxylation sites is 2. The highest BCUT2D eigenvalue weighted by Gasteiger charge is 2.29. The van der Waals surface area contributed by atoms with Crippen molar-refractivity contribution in [3.63, 3.8) is 0 Å². The van der Waals surface area contributed by atoms with Gasteiger partial charge in [-0.2, -0.15) is 0 Å². The Balaban J connectivity index is 2.02. The van der Waals surface area contributed by atoms with E-state index in [1.807, 2.05) is 0 Å². The van der Waals surface area contributed by atoms with Crippen LogP contribution in [0, 0.1) is 0 Å². The van der Waals surface area contributed by atoms with E-state index in [0.717, 1.165) is 0 Å². The molecule has 0 unspecified atom stereocenters. The SMILES string of the molecule is C[C@H]1N(C)c2ccccc2-c2ccccc2N1c1cccn1C. The number of rotatable bonds is 1. The predicted molar refractivity (Wildman–Crippen MR) is 97.3 cm³/mol. The van der Waals surface area contributed by atoms with E-state index in [4.69, 9.17) is 0 Å². The lowest BCUT2D eigenvalue weighted by Crippen LogP contribution is -2.42. The highest BCUT2D eigenvalue weighted by Crippen LogP contribution is 2.44. The molecule has 3 heteroatoms. The predicted octanol–water partition coefficient (Wildman–Crippen LogP) is 4.63. The summed E-state index contributed by atoms with van der Waals surface area (Å²) in [5.74, 6) is 1.20. The van der Waals surface area contributed by atoms with Gasteiger partial charge in [-0.15, -0.1) is 0 Å². The maximum absolute atomic E-state index is 2.41. The van der Waals surface area contributed by atoms with Crippen molar-refractivity contribution in [3.05, 3.63) is 66.9 Å². The van der Waals surface area contributed by atoms with Crippen LogP contribution < -0.4 is 9.80 Å². The molecule has 2 heterocycles. The van der Waals surface area contributed by atoms with Crippen molar-refractivity contribution in [3.8, 4) is 11.1 Å². The van der Waals surface area contributed by atoms with Gasteiger partial charge in [0.15, 0.2) is 0 Å². The summed E-state index contributed by atoms with van der Waals surface area (Å²) >= 11 is 0. The Bertz CT molecular complexity index is 849. The number of nitrogens with zero attached hydrogens (tertiary/aromatic N) is 3. The van der Waals surface area contributed by atoms with Gasteiger partial charge in [-0.05, 0) is 31.2 Å². The first kappa shape index (κ1) is 13.9. The molecule has 0 saturated carbocycles. The van der Waals surface area contributed by atoms with Crippen molar-refractivity contribution in [1.29, 1.82) is 0 Å². The second-order valence-electron chi connectivity index (χ2n) is 6.12. The molecule has 1 atom stereocenters. The number of fused-ring (bicyclic) bond motifs is 3. The summed E-state index contributed by atoms with van der Waals surface area (Å²) in [6, 6.07) is 21.6. The van der Waals surface area contributed by atoms with E-state index in [0.29, 0.717) is 0 Å². The monoisotopic (exact) mass is 303 g/mol. The topological polar surface area (TPSA) is 11.4 Å². The third kappa shape index (κ3) is 2.04. The van der Waals surface area contributed by atoms with E-state index >= 15 is 0 Å². The van der Waals surface area contributed by atoms with E-state index in [-0.39, 0.29) is 6.17 Å². The van der Waals surface area contributed by atoms with Crippen molar-refractivity contribution in [2.75, 3.05) is 16.8 Å². The van der Waals surface area contributed by atoms with Gasteiger partial charge in [0.25, 0.3) is 0 Å². The number of hydrogen-bond acceptors (Lipinski definition) is 2. The molecule has 116 valence electrons. The van der Waals surface area contributed by atoms with Gasteiger partial charge in [-0.3, -0.25) is 0 Å². The zero-order valence-corrected chi connectivity index (χ0v) is 13.8. The minimum absolute atomic E-state index is 0.216. The first-order valence-corrected chi connectivity index (χ1v) is 8.00. The molecule has 1 aliphatic rings. The minimum atomic E-state index is 0.216. The Labute approximate surface area is 137 Å². The van der Waals surface area contributed by atoms with Crippen LogP contribution in [0.3, 0.4) is 0 Å². The number of anilines is 3. The Morgan fingerprint density at radius 1 is 0.739 bits per heavy atom. The van der Waals surface area contributed by atoms with Crippen molar-refractivity contribution in [2.24, 2.45) is 7.05 Å². The highest BCUT2D eigenvalue weighted by molar-refractivity contribution is 5.91. The largest absolute Gasteiger partial charge is 0.354 e. The van der Waals surface area contributed by atoms with E-state index in [2.05, 4.69) is 102 Å². The summed E-state index contributed by atoms with van der Waals surface area (Å²) in [6.45, 7) is 2.26. The van der Waals surface area contributed by atoms with Gasteiger partial charge in [0.05, 0.1) is 5.69 Å². The summed E-state index contributed by atoms with van der Waals surface area (Å²) in [4.78, 5) is 4.76. The van der Waals surface area contributed by atoms with Crippen LogP contribution in [0.5, 0.6) is 0 Å². The Hall–Kier alpha value is -2.68. The molecule has 23 heavy (non-hydrogen) atoms. The number of hydrogen-bond donors (Lipinski definition) is 0. The standard InChI is InChI=1S/C20H21N3/c1-15-22(3)18-11-6-4-9-16(18)17-10-5-7-12-19(17)23(15)20-13-8-14-21(20)2/h4-15H,1-3H3/t15-/m0/s1. The van der Waals surface area contributed by atoms with Gasteiger partial charge >= 0.3 is 0 Å². The summed E-state index contributed by atoms with van der Waals surface area (Å²) < 4.78 is 2.18. The van der Waals surface area contributed by atoms with Crippen LogP contribution in [0.1, 0.15) is 6.92 Å². The van der Waals surface area contributed by atoms with Crippen LogP contribution in [-0.4, -0.2) is 17.8 Å². The first-order chi connectivity index (χ1) is 11.2. The van der Waals surface area contributed by atoms with Crippen molar-refractivity contribution in [2.45, 2.75) is 13.1 Å². The van der Waals surface area contributed by atoms with Gasteiger partial charge in [-0.25, -0.2) is 0 Å². The molecule has 1 aromatic heterocycles. The third-order valence-corrected chi connectivity index (χ3v) is 4.84. The molecule has 0 N–H and O–H groups in total. The second-order valence-corrected chi connectivity index (χ2v) is 6.12. The van der Waals surface area contributed by atoms with Crippen LogP contribution in [-0.2, 0) is 7.05 Å². The fourth-order valence-corrected chi connectivity index (χ4v) is 3.51. The Morgan fingerprint density at radius 3 is 2.00 bits per heavy atom. The van der Waals surface area contributed by atoms with E-state index < -0.39 is 0 Å². The summed E-state index contributed by atoms with van der Waals surface area (Å²) in [7, 11) is 4.27. The molecule has 3 aromatic rings. The zero-order chi connectivity index (χ0) is 16.0.